The predicted molar refractivity (Wildman–Crippen MR) is 61.2 cm³/mol. The lowest BCUT2D eigenvalue weighted by Gasteiger charge is -2.23. The lowest BCUT2D eigenvalue weighted by molar-refractivity contribution is -0.136. The largest absolute Gasteiger partial charge is 0.481 e. The quantitative estimate of drug-likeness (QED) is 0.793. The Labute approximate surface area is 102 Å². The lowest BCUT2D eigenvalue weighted by Crippen LogP contribution is -2.30. The number of carbonyl (C=O) groups is 1. The number of carboxylic acid groups (broad SMARTS) is 1. The predicted octanol–water partition coefficient (Wildman–Crippen LogP) is -0.0372. The molecule has 0 aliphatic heterocycles. The highest BCUT2D eigenvalue weighted by atomic mass is 16.4. The van der Waals surface area contributed by atoms with Gasteiger partial charge in [0.1, 0.15) is 0 Å². The van der Waals surface area contributed by atoms with Crippen molar-refractivity contribution in [3.05, 3.63) is 12.4 Å². The first kappa shape index (κ1) is 10.9. The van der Waals surface area contributed by atoms with E-state index in [1.165, 1.54) is 0 Å². The minimum atomic E-state index is -0.808. The van der Waals surface area contributed by atoms with E-state index in [1.54, 1.807) is 16.9 Å². The van der Waals surface area contributed by atoms with Gasteiger partial charge in [0.25, 0.3) is 0 Å². The van der Waals surface area contributed by atoms with Crippen LogP contribution in [0.5, 0.6) is 0 Å². The van der Waals surface area contributed by atoms with Crippen LogP contribution in [-0.2, 0) is 4.79 Å². The molecule has 1 N–H and O–H groups in total. The van der Waals surface area contributed by atoms with Gasteiger partial charge in [0.15, 0.2) is 11.5 Å². The first-order valence-corrected chi connectivity index (χ1v) is 5.76. The molecule has 1 aliphatic carbocycles. The van der Waals surface area contributed by atoms with Crippen molar-refractivity contribution in [3.8, 4) is 0 Å². The Hall–Kier alpha value is -2.25. The van der Waals surface area contributed by atoms with Crippen LogP contribution >= 0.6 is 0 Å². The zero-order valence-electron chi connectivity index (χ0n) is 9.60. The van der Waals surface area contributed by atoms with Crippen LogP contribution in [0, 0.1) is 0 Å². The zero-order chi connectivity index (χ0) is 12.5. The van der Waals surface area contributed by atoms with Crippen molar-refractivity contribution in [2.24, 2.45) is 0 Å². The first-order valence-electron chi connectivity index (χ1n) is 5.76. The van der Waals surface area contributed by atoms with Crippen LogP contribution in [0.1, 0.15) is 19.3 Å². The van der Waals surface area contributed by atoms with Gasteiger partial charge in [0.2, 0.25) is 0 Å². The summed E-state index contributed by atoms with van der Waals surface area (Å²) in [5, 5.41) is 20.1. The minimum absolute atomic E-state index is 0.0923. The third-order valence-electron chi connectivity index (χ3n) is 2.94. The fourth-order valence-corrected chi connectivity index (χ4v) is 1.95. The second-order valence-corrected chi connectivity index (χ2v) is 4.28. The van der Waals surface area contributed by atoms with Crippen molar-refractivity contribution in [3.63, 3.8) is 0 Å². The highest BCUT2D eigenvalue weighted by Crippen LogP contribution is 2.31. The fourth-order valence-electron chi connectivity index (χ4n) is 1.95. The topological polar surface area (TPSA) is 96.5 Å². The van der Waals surface area contributed by atoms with Gasteiger partial charge in [-0.1, -0.05) is 0 Å². The monoisotopic (exact) mass is 248 g/mol. The summed E-state index contributed by atoms with van der Waals surface area (Å²) in [7, 11) is 0. The number of carboxylic acids is 1. The minimum Gasteiger partial charge on any atom is -0.481 e. The van der Waals surface area contributed by atoms with E-state index >= 15 is 0 Å². The summed E-state index contributed by atoms with van der Waals surface area (Å²) in [5.41, 5.74) is 0.563. The summed E-state index contributed by atoms with van der Waals surface area (Å²) in [6.07, 6.45) is 5.47. The molecule has 2 aromatic rings. The van der Waals surface area contributed by atoms with Crippen molar-refractivity contribution in [2.75, 3.05) is 11.4 Å². The number of fused-ring (bicyclic) bond motifs is 1. The molecule has 3 rings (SSSR count). The van der Waals surface area contributed by atoms with Crippen LogP contribution in [0.25, 0.3) is 5.65 Å². The third kappa shape index (κ3) is 1.96. The molecule has 1 fully saturated rings. The molecule has 94 valence electrons. The van der Waals surface area contributed by atoms with Crippen molar-refractivity contribution in [1.82, 2.24) is 25.0 Å². The van der Waals surface area contributed by atoms with E-state index in [0.29, 0.717) is 18.2 Å². The van der Waals surface area contributed by atoms with Gasteiger partial charge in [-0.05, 0) is 23.3 Å². The SMILES string of the molecule is O=C(O)CCN(c1cncc2nnnn12)C1CC1. The molecule has 0 aromatic carbocycles. The van der Waals surface area contributed by atoms with Gasteiger partial charge in [0.05, 0.1) is 18.8 Å². The fraction of sp³-hybridized carbons (Fsp3) is 0.500. The van der Waals surface area contributed by atoms with Gasteiger partial charge in [0, 0.05) is 12.6 Å². The molecule has 8 heteroatoms. The lowest BCUT2D eigenvalue weighted by atomic mass is 10.3. The Kier molecular flexibility index (Phi) is 2.54. The number of aromatic nitrogens is 5. The van der Waals surface area contributed by atoms with E-state index < -0.39 is 5.97 Å². The van der Waals surface area contributed by atoms with E-state index in [9.17, 15) is 4.79 Å². The summed E-state index contributed by atoms with van der Waals surface area (Å²) in [4.78, 5) is 16.8. The number of rotatable bonds is 5. The summed E-state index contributed by atoms with van der Waals surface area (Å²) in [6, 6.07) is 0.376. The molecule has 1 aliphatic rings. The third-order valence-corrected chi connectivity index (χ3v) is 2.94. The zero-order valence-corrected chi connectivity index (χ0v) is 9.60. The Morgan fingerprint density at radius 3 is 3.06 bits per heavy atom. The van der Waals surface area contributed by atoms with Gasteiger partial charge in [-0.25, -0.2) is 0 Å². The Morgan fingerprint density at radius 2 is 2.33 bits per heavy atom. The molecular weight excluding hydrogens is 236 g/mol. The second-order valence-electron chi connectivity index (χ2n) is 4.28. The van der Waals surface area contributed by atoms with Crippen molar-refractivity contribution in [2.45, 2.75) is 25.3 Å². The molecule has 0 bridgehead atoms. The maximum Gasteiger partial charge on any atom is 0.305 e. The van der Waals surface area contributed by atoms with E-state index in [0.717, 1.165) is 18.7 Å². The van der Waals surface area contributed by atoms with Gasteiger partial charge in [-0.15, -0.1) is 5.10 Å². The molecule has 0 atom stereocenters. The van der Waals surface area contributed by atoms with E-state index in [1.807, 2.05) is 4.90 Å². The van der Waals surface area contributed by atoms with Crippen LogP contribution in [-0.4, -0.2) is 48.7 Å². The molecule has 8 nitrogen and oxygen atoms in total. The van der Waals surface area contributed by atoms with Crippen molar-refractivity contribution >= 4 is 17.4 Å². The second kappa shape index (κ2) is 4.21. The van der Waals surface area contributed by atoms with Crippen LogP contribution in [0.15, 0.2) is 12.4 Å². The average Bonchev–Trinajstić information content (AvgIpc) is 3.06. The Morgan fingerprint density at radius 1 is 1.50 bits per heavy atom. The molecule has 0 saturated heterocycles. The first-order chi connectivity index (χ1) is 8.75. The highest BCUT2D eigenvalue weighted by Gasteiger charge is 2.31. The molecular formula is C10H12N6O2. The van der Waals surface area contributed by atoms with Crippen LogP contribution in [0.3, 0.4) is 0 Å². The van der Waals surface area contributed by atoms with Crippen LogP contribution < -0.4 is 4.90 Å². The molecule has 18 heavy (non-hydrogen) atoms. The summed E-state index contributed by atoms with van der Waals surface area (Å²) >= 11 is 0. The Balaban J connectivity index is 1.93. The van der Waals surface area contributed by atoms with Crippen molar-refractivity contribution in [1.29, 1.82) is 0 Å². The summed E-state index contributed by atoms with van der Waals surface area (Å²) < 4.78 is 1.59. The molecule has 2 aromatic heterocycles. The van der Waals surface area contributed by atoms with E-state index in [2.05, 4.69) is 20.5 Å². The summed E-state index contributed by atoms with van der Waals surface area (Å²) in [6.45, 7) is 0.445. The van der Waals surface area contributed by atoms with Crippen molar-refractivity contribution < 1.29 is 9.90 Å². The Bertz CT molecular complexity index is 579. The van der Waals surface area contributed by atoms with Gasteiger partial charge in [-0.2, -0.15) is 4.52 Å². The number of tetrazole rings is 1. The summed E-state index contributed by atoms with van der Waals surface area (Å²) in [5.74, 6) is -0.0567. The average molecular weight is 248 g/mol. The molecule has 2 heterocycles. The molecule has 0 amide bonds. The van der Waals surface area contributed by atoms with Crippen LogP contribution in [0.4, 0.5) is 5.82 Å². The smallest absolute Gasteiger partial charge is 0.305 e. The standard InChI is InChI=1S/C10H12N6O2/c17-10(18)3-4-15(7-1-2-7)9-6-11-5-8-12-13-14-16(8)9/h5-7H,1-4H2,(H,17,18). The number of hydrogen-bond acceptors (Lipinski definition) is 6. The maximum atomic E-state index is 10.7. The van der Waals surface area contributed by atoms with Gasteiger partial charge >= 0.3 is 5.97 Å². The number of anilines is 1. The molecule has 0 spiro atoms. The van der Waals surface area contributed by atoms with Crippen LogP contribution in [0.2, 0.25) is 0 Å². The highest BCUT2D eigenvalue weighted by molar-refractivity contribution is 5.67. The van der Waals surface area contributed by atoms with E-state index in [-0.39, 0.29) is 6.42 Å². The maximum absolute atomic E-state index is 10.7. The molecule has 0 radical (unpaired) electrons. The number of nitrogens with zero attached hydrogens (tertiary/aromatic N) is 6. The van der Waals surface area contributed by atoms with E-state index in [4.69, 9.17) is 5.11 Å². The number of aliphatic carboxylic acids is 1. The molecule has 0 unspecified atom stereocenters. The number of hydrogen-bond donors (Lipinski definition) is 1. The molecule has 1 saturated carbocycles. The van der Waals surface area contributed by atoms with Gasteiger partial charge in [-0.3, -0.25) is 9.78 Å². The normalized spacial score (nSPS) is 14.9. The van der Waals surface area contributed by atoms with Gasteiger partial charge < -0.3 is 10.0 Å².